The maximum absolute atomic E-state index is 6.16. The van der Waals surface area contributed by atoms with Crippen LogP contribution >= 0.6 is 11.6 Å². The molecule has 3 rings (SSSR count). The average Bonchev–Trinajstić information content (AvgIpc) is 2.93. The van der Waals surface area contributed by atoms with Crippen LogP contribution in [-0.2, 0) is 6.61 Å². The summed E-state index contributed by atoms with van der Waals surface area (Å²) in [4.78, 5) is 0. The van der Waals surface area contributed by atoms with Crippen LogP contribution in [0.3, 0.4) is 0 Å². The van der Waals surface area contributed by atoms with Gasteiger partial charge in [-0.15, -0.1) is 0 Å². The number of nitrogens with two attached hydrogens (primary N) is 1. The van der Waals surface area contributed by atoms with Gasteiger partial charge in [-0.3, -0.25) is 0 Å². The molecule has 0 radical (unpaired) electrons. The number of nitrogens with one attached hydrogen (secondary N) is 2. The molecule has 1 aliphatic heterocycles. The highest BCUT2D eigenvalue weighted by atomic mass is 35.5. The minimum absolute atomic E-state index is 0.0355. The highest BCUT2D eigenvalue weighted by Crippen LogP contribution is 2.30. The lowest BCUT2D eigenvalue weighted by Gasteiger charge is -2.16. The number of ether oxygens (including phenoxy) is 1. The molecule has 0 amide bonds. The van der Waals surface area contributed by atoms with Crippen LogP contribution in [0, 0.1) is 0 Å². The lowest BCUT2D eigenvalue weighted by atomic mass is 10.0. The Labute approximate surface area is 129 Å². The molecule has 21 heavy (non-hydrogen) atoms. The number of hydrazine groups is 1. The van der Waals surface area contributed by atoms with E-state index in [9.17, 15) is 0 Å². The van der Waals surface area contributed by atoms with Crippen LogP contribution in [0.1, 0.15) is 23.6 Å². The predicted molar refractivity (Wildman–Crippen MR) is 83.8 cm³/mol. The topological polar surface area (TPSA) is 59.3 Å². The van der Waals surface area contributed by atoms with Gasteiger partial charge in [-0.2, -0.15) is 0 Å². The molecule has 0 aromatic heterocycles. The van der Waals surface area contributed by atoms with Crippen molar-refractivity contribution in [1.29, 1.82) is 0 Å². The molecular weight excluding hydrogens is 286 g/mol. The van der Waals surface area contributed by atoms with E-state index in [2.05, 4.69) is 16.9 Å². The van der Waals surface area contributed by atoms with E-state index < -0.39 is 0 Å². The fraction of sp³-hybridized carbons (Fsp3) is 0.250. The van der Waals surface area contributed by atoms with Crippen LogP contribution < -0.4 is 21.3 Å². The van der Waals surface area contributed by atoms with Crippen LogP contribution in [0.5, 0.6) is 5.75 Å². The predicted octanol–water partition coefficient (Wildman–Crippen LogP) is 2.74. The van der Waals surface area contributed by atoms with Crippen molar-refractivity contribution < 1.29 is 4.74 Å². The van der Waals surface area contributed by atoms with Crippen LogP contribution in [0.4, 0.5) is 0 Å². The molecule has 0 aliphatic carbocycles. The third-order valence-electron chi connectivity index (χ3n) is 3.57. The van der Waals surface area contributed by atoms with Crippen LogP contribution in [0.15, 0.2) is 48.5 Å². The Morgan fingerprint density at radius 2 is 1.86 bits per heavy atom. The van der Waals surface area contributed by atoms with Crippen molar-refractivity contribution in [2.24, 2.45) is 5.73 Å². The third-order valence-corrected chi connectivity index (χ3v) is 3.94. The molecule has 2 unspecified atom stereocenters. The first-order chi connectivity index (χ1) is 10.2. The van der Waals surface area contributed by atoms with E-state index in [1.165, 1.54) is 0 Å². The monoisotopic (exact) mass is 303 g/mol. The summed E-state index contributed by atoms with van der Waals surface area (Å²) < 4.78 is 5.96. The minimum atomic E-state index is -0.0355. The van der Waals surface area contributed by atoms with E-state index in [1.807, 2.05) is 42.5 Å². The number of benzene rings is 2. The standard InChI is InChI=1S/C16H18ClN3O/c17-13-7-3-1-5-11(13)10-21-15-8-4-2-6-12(15)14-9-16(18)20-19-14/h1-8,14,16,19-20H,9-10,18H2. The molecule has 4 nitrogen and oxygen atoms in total. The number of hydrogen-bond acceptors (Lipinski definition) is 4. The zero-order valence-electron chi connectivity index (χ0n) is 11.6. The summed E-state index contributed by atoms with van der Waals surface area (Å²) in [6.45, 7) is 0.447. The maximum Gasteiger partial charge on any atom is 0.124 e. The van der Waals surface area contributed by atoms with Crippen molar-refractivity contribution in [3.63, 3.8) is 0 Å². The molecule has 1 aliphatic rings. The molecule has 5 heteroatoms. The Morgan fingerprint density at radius 3 is 2.62 bits per heavy atom. The summed E-state index contributed by atoms with van der Waals surface area (Å²) in [6, 6.07) is 15.9. The van der Waals surface area contributed by atoms with E-state index in [0.29, 0.717) is 6.61 Å². The Bertz CT molecular complexity index is 620. The average molecular weight is 304 g/mol. The molecule has 0 saturated carbocycles. The molecule has 2 atom stereocenters. The van der Waals surface area contributed by atoms with Gasteiger partial charge in [0.25, 0.3) is 0 Å². The van der Waals surface area contributed by atoms with Gasteiger partial charge < -0.3 is 10.5 Å². The van der Waals surface area contributed by atoms with Gasteiger partial charge in [-0.25, -0.2) is 10.9 Å². The molecule has 2 aromatic rings. The smallest absolute Gasteiger partial charge is 0.124 e. The van der Waals surface area contributed by atoms with Crippen molar-refractivity contribution in [2.75, 3.05) is 0 Å². The molecule has 0 spiro atoms. The molecular formula is C16H18ClN3O. The first-order valence-electron chi connectivity index (χ1n) is 6.96. The van der Waals surface area contributed by atoms with Crippen molar-refractivity contribution in [3.8, 4) is 5.75 Å². The lowest BCUT2D eigenvalue weighted by Crippen LogP contribution is -2.36. The maximum atomic E-state index is 6.16. The van der Waals surface area contributed by atoms with Gasteiger partial charge in [0, 0.05) is 16.1 Å². The van der Waals surface area contributed by atoms with Crippen LogP contribution in [0.2, 0.25) is 5.02 Å². The highest BCUT2D eigenvalue weighted by Gasteiger charge is 2.24. The molecule has 1 heterocycles. The molecule has 1 fully saturated rings. The normalized spacial score (nSPS) is 21.4. The Hall–Kier alpha value is -1.59. The first-order valence-corrected chi connectivity index (χ1v) is 7.33. The van der Waals surface area contributed by atoms with Gasteiger partial charge in [-0.1, -0.05) is 48.0 Å². The number of para-hydroxylation sites is 1. The summed E-state index contributed by atoms with van der Waals surface area (Å²) in [5.41, 5.74) is 14.2. The largest absolute Gasteiger partial charge is 0.489 e. The Morgan fingerprint density at radius 1 is 1.10 bits per heavy atom. The fourth-order valence-corrected chi connectivity index (χ4v) is 2.65. The lowest BCUT2D eigenvalue weighted by molar-refractivity contribution is 0.299. The second-order valence-corrected chi connectivity index (χ2v) is 5.51. The summed E-state index contributed by atoms with van der Waals surface area (Å²) in [5.74, 6) is 0.853. The van der Waals surface area contributed by atoms with Crippen LogP contribution in [-0.4, -0.2) is 6.17 Å². The van der Waals surface area contributed by atoms with E-state index in [1.54, 1.807) is 0 Å². The zero-order valence-corrected chi connectivity index (χ0v) is 12.3. The molecule has 4 N–H and O–H groups in total. The fourth-order valence-electron chi connectivity index (χ4n) is 2.45. The Kier molecular flexibility index (Phi) is 4.41. The second kappa shape index (κ2) is 6.45. The molecule has 0 bridgehead atoms. The van der Waals surface area contributed by atoms with Crippen molar-refractivity contribution >= 4 is 11.6 Å². The first kappa shape index (κ1) is 14.4. The van der Waals surface area contributed by atoms with Gasteiger partial charge in [0.2, 0.25) is 0 Å². The van der Waals surface area contributed by atoms with Gasteiger partial charge in [-0.05, 0) is 18.6 Å². The number of hydrogen-bond donors (Lipinski definition) is 3. The quantitative estimate of drug-likeness (QED) is 0.813. The third kappa shape index (κ3) is 3.36. The molecule has 110 valence electrons. The minimum Gasteiger partial charge on any atom is -0.489 e. The number of halogens is 1. The van der Waals surface area contributed by atoms with Crippen LogP contribution in [0.25, 0.3) is 0 Å². The second-order valence-electron chi connectivity index (χ2n) is 5.10. The summed E-state index contributed by atoms with van der Waals surface area (Å²) in [6.07, 6.45) is 0.790. The summed E-state index contributed by atoms with van der Waals surface area (Å²) in [5, 5.41) is 0.720. The van der Waals surface area contributed by atoms with E-state index in [0.717, 1.165) is 28.3 Å². The summed E-state index contributed by atoms with van der Waals surface area (Å²) in [7, 11) is 0. The molecule has 1 saturated heterocycles. The van der Waals surface area contributed by atoms with Gasteiger partial charge in [0.15, 0.2) is 0 Å². The zero-order chi connectivity index (χ0) is 14.7. The van der Waals surface area contributed by atoms with Gasteiger partial charge >= 0.3 is 0 Å². The van der Waals surface area contributed by atoms with Gasteiger partial charge in [0.1, 0.15) is 12.4 Å². The molecule has 2 aromatic carbocycles. The van der Waals surface area contributed by atoms with Gasteiger partial charge in [0.05, 0.1) is 12.2 Å². The van der Waals surface area contributed by atoms with E-state index >= 15 is 0 Å². The SMILES string of the molecule is NC1CC(c2ccccc2OCc2ccccc2Cl)NN1. The van der Waals surface area contributed by atoms with Crippen molar-refractivity contribution in [3.05, 3.63) is 64.7 Å². The van der Waals surface area contributed by atoms with Crippen molar-refractivity contribution in [1.82, 2.24) is 10.9 Å². The number of rotatable bonds is 4. The van der Waals surface area contributed by atoms with E-state index in [4.69, 9.17) is 22.1 Å². The van der Waals surface area contributed by atoms with E-state index in [-0.39, 0.29) is 12.2 Å². The summed E-state index contributed by atoms with van der Waals surface area (Å²) >= 11 is 6.16. The Balaban J connectivity index is 1.75. The highest BCUT2D eigenvalue weighted by molar-refractivity contribution is 6.31. The van der Waals surface area contributed by atoms with Crippen molar-refractivity contribution in [2.45, 2.75) is 25.2 Å².